The molecule has 0 saturated heterocycles. The number of esters is 2. The van der Waals surface area contributed by atoms with E-state index in [9.17, 15) is 27.2 Å². The van der Waals surface area contributed by atoms with Crippen molar-refractivity contribution in [1.82, 2.24) is 0 Å². The third-order valence-electron chi connectivity index (χ3n) is 7.84. The molecule has 0 N–H and O–H groups in total. The first-order valence-corrected chi connectivity index (χ1v) is 16.9. The molecule has 3 aromatic rings. The number of halogens is 4. The van der Waals surface area contributed by atoms with Crippen molar-refractivity contribution in [2.24, 2.45) is 0 Å². The van der Waals surface area contributed by atoms with Gasteiger partial charge in [-0.05, 0) is 78.4 Å². The predicted molar refractivity (Wildman–Crippen MR) is 180 cm³/mol. The van der Waals surface area contributed by atoms with Crippen LogP contribution in [0.1, 0.15) is 107 Å². The highest BCUT2D eigenvalue weighted by molar-refractivity contribution is 5.92. The molecule has 260 valence electrons. The van der Waals surface area contributed by atoms with Gasteiger partial charge >= 0.3 is 18.1 Å². The quantitative estimate of drug-likeness (QED) is 0.0394. The number of ether oxygens (including phenoxy) is 3. The summed E-state index contributed by atoms with van der Waals surface area (Å²) in [6.07, 6.45) is 5.97. The molecule has 0 heterocycles. The lowest BCUT2D eigenvalue weighted by atomic mass is 10.0. The molecule has 0 saturated carbocycles. The van der Waals surface area contributed by atoms with Crippen LogP contribution >= 0.6 is 0 Å². The molecule has 0 aliphatic heterocycles. The lowest BCUT2D eigenvalue weighted by Gasteiger charge is -2.19. The number of carbonyl (C=O) groups is 2. The first kappa shape index (κ1) is 38.3. The first-order valence-electron chi connectivity index (χ1n) is 16.9. The lowest BCUT2D eigenvalue weighted by molar-refractivity contribution is -0.220. The van der Waals surface area contributed by atoms with Gasteiger partial charge in [0.15, 0.2) is 17.7 Å². The average Bonchev–Trinajstić information content (AvgIpc) is 3.07. The first-order chi connectivity index (χ1) is 23.1. The maximum atomic E-state index is 14.7. The van der Waals surface area contributed by atoms with E-state index in [1.807, 2.05) is 6.92 Å². The van der Waals surface area contributed by atoms with Gasteiger partial charge in [0.05, 0.1) is 12.2 Å². The van der Waals surface area contributed by atoms with Crippen molar-refractivity contribution in [3.63, 3.8) is 0 Å². The van der Waals surface area contributed by atoms with Crippen LogP contribution in [0.5, 0.6) is 11.5 Å². The van der Waals surface area contributed by atoms with E-state index in [1.165, 1.54) is 50.0 Å². The summed E-state index contributed by atoms with van der Waals surface area (Å²) in [5, 5.41) is 0. The van der Waals surface area contributed by atoms with Crippen LogP contribution in [0.3, 0.4) is 0 Å². The van der Waals surface area contributed by atoms with Gasteiger partial charge in [0.25, 0.3) is 0 Å². The van der Waals surface area contributed by atoms with E-state index in [0.29, 0.717) is 30.6 Å². The van der Waals surface area contributed by atoms with Gasteiger partial charge in [-0.3, -0.25) is 0 Å². The Balaban J connectivity index is 1.48. The third kappa shape index (κ3) is 13.5. The molecular formula is C39H46F4O5. The minimum absolute atomic E-state index is 0.217. The standard InChI is InChI=1S/C39H46F4O5/c1-3-5-7-9-10-11-13-27-46-35-25-22-32(28-34(35)40)30-18-20-31(21-19-30)38(45)47-33-23-15-29(16-24-33)17-26-37(44)48-36(39(41,42)43)14-12-8-6-4-2/h15-26,28,36H,3-14,27H2,1-2H3/t36-/m1/s1. The van der Waals surface area contributed by atoms with Gasteiger partial charge in [-0.25, -0.2) is 14.0 Å². The van der Waals surface area contributed by atoms with Crippen LogP contribution in [0, 0.1) is 5.82 Å². The van der Waals surface area contributed by atoms with Crippen LogP contribution in [0.4, 0.5) is 17.6 Å². The smallest absolute Gasteiger partial charge is 0.425 e. The Bertz CT molecular complexity index is 1430. The highest BCUT2D eigenvalue weighted by Gasteiger charge is 2.42. The molecule has 3 rings (SSSR count). The summed E-state index contributed by atoms with van der Waals surface area (Å²) in [7, 11) is 0. The largest absolute Gasteiger partial charge is 0.491 e. The second-order valence-electron chi connectivity index (χ2n) is 11.8. The van der Waals surface area contributed by atoms with Crippen molar-refractivity contribution in [2.75, 3.05) is 6.61 Å². The van der Waals surface area contributed by atoms with Crippen LogP contribution < -0.4 is 9.47 Å². The highest BCUT2D eigenvalue weighted by atomic mass is 19.4. The molecule has 0 aliphatic rings. The van der Waals surface area contributed by atoms with Crippen molar-refractivity contribution in [3.05, 3.63) is 89.8 Å². The molecule has 48 heavy (non-hydrogen) atoms. The van der Waals surface area contributed by atoms with Gasteiger partial charge in [0.1, 0.15) is 5.75 Å². The molecule has 9 heteroatoms. The molecule has 0 aliphatic carbocycles. The summed E-state index contributed by atoms with van der Waals surface area (Å²) in [6.45, 7) is 4.62. The molecule has 0 radical (unpaired) electrons. The van der Waals surface area contributed by atoms with Gasteiger partial charge in [0, 0.05) is 6.08 Å². The molecule has 0 fully saturated rings. The molecule has 0 amide bonds. The lowest BCUT2D eigenvalue weighted by Crippen LogP contribution is -2.33. The van der Waals surface area contributed by atoms with E-state index in [4.69, 9.17) is 9.47 Å². The fraction of sp³-hybridized carbons (Fsp3) is 0.436. The number of rotatable bonds is 20. The maximum Gasteiger partial charge on any atom is 0.425 e. The van der Waals surface area contributed by atoms with Crippen molar-refractivity contribution in [2.45, 2.75) is 103 Å². The van der Waals surface area contributed by atoms with Gasteiger partial charge in [-0.1, -0.05) is 102 Å². The second kappa shape index (κ2) is 20.3. The van der Waals surface area contributed by atoms with Crippen molar-refractivity contribution in [1.29, 1.82) is 0 Å². The maximum absolute atomic E-state index is 14.7. The molecular weight excluding hydrogens is 624 g/mol. The number of alkyl halides is 3. The molecule has 0 bridgehead atoms. The second-order valence-corrected chi connectivity index (χ2v) is 11.8. The van der Waals surface area contributed by atoms with E-state index in [1.54, 1.807) is 48.5 Å². The predicted octanol–water partition coefficient (Wildman–Crippen LogP) is 11.3. The summed E-state index contributed by atoms with van der Waals surface area (Å²) in [6, 6.07) is 17.5. The molecule has 1 atom stereocenters. The highest BCUT2D eigenvalue weighted by Crippen LogP contribution is 2.28. The zero-order valence-electron chi connectivity index (χ0n) is 27.8. The Morgan fingerprint density at radius 1 is 0.750 bits per heavy atom. The van der Waals surface area contributed by atoms with Gasteiger partial charge in [0.2, 0.25) is 0 Å². The molecule has 0 unspecified atom stereocenters. The number of benzene rings is 3. The minimum Gasteiger partial charge on any atom is -0.491 e. The van der Waals surface area contributed by atoms with Crippen LogP contribution in [-0.4, -0.2) is 30.8 Å². The SMILES string of the molecule is CCCCCCCCCOc1ccc(-c2ccc(C(=O)Oc3ccc(C=CC(=O)O[C@H](CCCCCC)C(F)(F)F)cc3)cc2)cc1F. The van der Waals surface area contributed by atoms with Crippen LogP contribution in [0.2, 0.25) is 0 Å². The summed E-state index contributed by atoms with van der Waals surface area (Å²) >= 11 is 0. The molecule has 5 nitrogen and oxygen atoms in total. The van der Waals surface area contributed by atoms with Gasteiger partial charge in [-0.15, -0.1) is 0 Å². The van der Waals surface area contributed by atoms with Gasteiger partial charge < -0.3 is 14.2 Å². The summed E-state index contributed by atoms with van der Waals surface area (Å²) in [4.78, 5) is 24.8. The fourth-order valence-corrected chi connectivity index (χ4v) is 5.04. The van der Waals surface area contributed by atoms with Crippen LogP contribution in [0.25, 0.3) is 17.2 Å². The number of carbonyl (C=O) groups excluding carboxylic acids is 2. The number of hydrogen-bond acceptors (Lipinski definition) is 5. The summed E-state index contributed by atoms with van der Waals surface area (Å²) in [5.41, 5.74) is 2.15. The number of unbranched alkanes of at least 4 members (excludes halogenated alkanes) is 9. The van der Waals surface area contributed by atoms with E-state index < -0.39 is 30.0 Å². The molecule has 3 aromatic carbocycles. The van der Waals surface area contributed by atoms with Crippen LogP contribution in [-0.2, 0) is 9.53 Å². The average molecular weight is 671 g/mol. The summed E-state index contributed by atoms with van der Waals surface area (Å²) < 4.78 is 70.3. The Morgan fingerprint density at radius 3 is 1.98 bits per heavy atom. The monoisotopic (exact) mass is 670 g/mol. The van der Waals surface area contributed by atoms with E-state index in [-0.39, 0.29) is 23.5 Å². The van der Waals surface area contributed by atoms with Gasteiger partial charge in [-0.2, -0.15) is 13.2 Å². The summed E-state index contributed by atoms with van der Waals surface area (Å²) in [5.74, 6) is -1.68. The normalized spacial score (nSPS) is 12.2. The minimum atomic E-state index is -4.63. The van der Waals surface area contributed by atoms with E-state index >= 15 is 0 Å². The third-order valence-corrected chi connectivity index (χ3v) is 7.84. The topological polar surface area (TPSA) is 61.8 Å². The zero-order valence-corrected chi connectivity index (χ0v) is 27.8. The zero-order chi connectivity index (χ0) is 34.8. The van der Waals surface area contributed by atoms with Crippen molar-refractivity contribution in [3.8, 4) is 22.6 Å². The Labute approximate surface area is 281 Å². The van der Waals surface area contributed by atoms with Crippen molar-refractivity contribution >= 4 is 18.0 Å². The van der Waals surface area contributed by atoms with Crippen LogP contribution in [0.15, 0.2) is 72.8 Å². The molecule has 0 aromatic heterocycles. The molecule has 0 spiro atoms. The number of hydrogen-bond donors (Lipinski definition) is 0. The Kier molecular flexibility index (Phi) is 16.2. The Morgan fingerprint density at radius 2 is 1.35 bits per heavy atom. The van der Waals surface area contributed by atoms with E-state index in [0.717, 1.165) is 43.7 Å². The fourth-order valence-electron chi connectivity index (χ4n) is 5.04. The van der Waals surface area contributed by atoms with Crippen molar-refractivity contribution < 1.29 is 41.4 Å². The Hall–Kier alpha value is -4.14. The van der Waals surface area contributed by atoms with E-state index in [2.05, 4.69) is 11.7 Å².